The van der Waals surface area contributed by atoms with Crippen molar-refractivity contribution in [2.24, 2.45) is 0 Å². The lowest BCUT2D eigenvalue weighted by atomic mass is 10.2. The predicted octanol–water partition coefficient (Wildman–Crippen LogP) is 4.40. The van der Waals surface area contributed by atoms with Gasteiger partial charge in [0.1, 0.15) is 0 Å². The van der Waals surface area contributed by atoms with Gasteiger partial charge in [-0.2, -0.15) is 0 Å². The molecule has 128 valence electrons. The summed E-state index contributed by atoms with van der Waals surface area (Å²) < 4.78 is 12.4. The molecule has 2 aromatic carbocycles. The number of halogens is 1. The Balaban J connectivity index is 1.80. The van der Waals surface area contributed by atoms with E-state index in [4.69, 9.17) is 21.1 Å². The lowest BCUT2D eigenvalue weighted by molar-refractivity contribution is 0.102. The fourth-order valence-electron chi connectivity index (χ4n) is 2.44. The van der Waals surface area contributed by atoms with Crippen molar-refractivity contribution in [3.8, 4) is 17.2 Å². The summed E-state index contributed by atoms with van der Waals surface area (Å²) in [5, 5.41) is 3.16. The van der Waals surface area contributed by atoms with Crippen molar-refractivity contribution >= 4 is 23.2 Å². The molecule has 0 bridgehead atoms. The zero-order chi connectivity index (χ0) is 17.8. The maximum Gasteiger partial charge on any atom is 0.255 e. The molecular weight excluding hydrogens is 340 g/mol. The van der Waals surface area contributed by atoms with E-state index in [1.165, 1.54) is 14.2 Å². The second kappa shape index (κ2) is 7.32. The van der Waals surface area contributed by atoms with Crippen molar-refractivity contribution in [1.82, 2.24) is 4.57 Å². The maximum absolute atomic E-state index is 12.5. The van der Waals surface area contributed by atoms with Crippen LogP contribution in [0.2, 0.25) is 5.02 Å². The van der Waals surface area contributed by atoms with E-state index in [0.717, 1.165) is 5.69 Å². The predicted molar refractivity (Wildman–Crippen MR) is 98.3 cm³/mol. The van der Waals surface area contributed by atoms with Gasteiger partial charge in [0.15, 0.2) is 11.5 Å². The molecule has 1 heterocycles. The number of aromatic nitrogens is 1. The van der Waals surface area contributed by atoms with E-state index in [-0.39, 0.29) is 5.91 Å². The van der Waals surface area contributed by atoms with Gasteiger partial charge >= 0.3 is 0 Å². The first-order chi connectivity index (χ1) is 12.1. The molecule has 0 spiro atoms. The molecule has 0 unspecified atom stereocenters. The smallest absolute Gasteiger partial charge is 0.255 e. The van der Waals surface area contributed by atoms with Crippen LogP contribution in [-0.4, -0.2) is 24.7 Å². The molecular formula is C19H17ClN2O3. The first kappa shape index (κ1) is 16.9. The monoisotopic (exact) mass is 356 g/mol. The molecule has 0 saturated carbocycles. The number of hydrogen-bond acceptors (Lipinski definition) is 3. The van der Waals surface area contributed by atoms with Crippen molar-refractivity contribution in [3.05, 3.63) is 71.5 Å². The third-order valence-electron chi connectivity index (χ3n) is 3.75. The summed E-state index contributed by atoms with van der Waals surface area (Å²) in [6.07, 6.45) is 3.89. The van der Waals surface area contributed by atoms with Crippen molar-refractivity contribution in [2.45, 2.75) is 0 Å². The van der Waals surface area contributed by atoms with Crippen LogP contribution in [0, 0.1) is 0 Å². The number of nitrogens with zero attached hydrogens (tertiary/aromatic N) is 1. The Kier molecular flexibility index (Phi) is 4.95. The summed E-state index contributed by atoms with van der Waals surface area (Å²) in [5.41, 5.74) is 1.96. The van der Waals surface area contributed by atoms with Gasteiger partial charge in [-0.15, -0.1) is 0 Å². The number of nitrogens with one attached hydrogen (secondary N) is 1. The Bertz CT molecular complexity index is 874. The molecule has 3 aromatic rings. The number of anilines is 1. The first-order valence-corrected chi connectivity index (χ1v) is 7.96. The van der Waals surface area contributed by atoms with E-state index in [0.29, 0.717) is 27.8 Å². The summed E-state index contributed by atoms with van der Waals surface area (Å²) in [7, 11) is 3.05. The zero-order valence-electron chi connectivity index (χ0n) is 13.8. The highest BCUT2D eigenvalue weighted by atomic mass is 35.5. The zero-order valence-corrected chi connectivity index (χ0v) is 14.6. The van der Waals surface area contributed by atoms with E-state index in [2.05, 4.69) is 5.32 Å². The van der Waals surface area contributed by atoms with Gasteiger partial charge in [0.05, 0.1) is 24.9 Å². The average molecular weight is 357 g/mol. The second-order valence-corrected chi connectivity index (χ2v) is 5.69. The van der Waals surface area contributed by atoms with Crippen LogP contribution in [0.1, 0.15) is 10.4 Å². The minimum absolute atomic E-state index is 0.256. The summed E-state index contributed by atoms with van der Waals surface area (Å²) in [4.78, 5) is 12.5. The van der Waals surface area contributed by atoms with Crippen molar-refractivity contribution in [2.75, 3.05) is 19.5 Å². The lowest BCUT2D eigenvalue weighted by Crippen LogP contribution is -2.12. The Morgan fingerprint density at radius 2 is 1.60 bits per heavy atom. The summed E-state index contributed by atoms with van der Waals surface area (Å²) in [6.45, 7) is 0. The molecule has 0 fully saturated rings. The Morgan fingerprint density at radius 1 is 1.00 bits per heavy atom. The lowest BCUT2D eigenvalue weighted by Gasteiger charge is -2.13. The fraction of sp³-hybridized carbons (Fsp3) is 0.105. The number of hydrogen-bond donors (Lipinski definition) is 1. The van der Waals surface area contributed by atoms with Crippen LogP contribution in [-0.2, 0) is 0 Å². The topological polar surface area (TPSA) is 52.5 Å². The molecule has 0 saturated heterocycles. The SMILES string of the molecule is COc1cc(Cl)c(NC(=O)c2ccc(-n3cccc3)cc2)cc1OC. The van der Waals surface area contributed by atoms with E-state index in [1.807, 2.05) is 41.2 Å². The van der Waals surface area contributed by atoms with Crippen LogP contribution in [0.25, 0.3) is 5.69 Å². The first-order valence-electron chi connectivity index (χ1n) is 7.58. The van der Waals surface area contributed by atoms with Gasteiger partial charge in [-0.3, -0.25) is 4.79 Å². The van der Waals surface area contributed by atoms with Gasteiger partial charge in [0.2, 0.25) is 0 Å². The van der Waals surface area contributed by atoms with Crippen LogP contribution in [0.4, 0.5) is 5.69 Å². The average Bonchev–Trinajstić information content (AvgIpc) is 3.17. The van der Waals surface area contributed by atoms with Crippen molar-refractivity contribution in [1.29, 1.82) is 0 Å². The summed E-state index contributed by atoms with van der Waals surface area (Å²) in [6, 6.07) is 14.4. The standard InChI is InChI=1S/C19H17ClN2O3/c1-24-17-11-15(20)16(12-18(17)25-2)21-19(23)13-5-7-14(8-6-13)22-9-3-4-10-22/h3-12H,1-2H3,(H,21,23). The number of carbonyl (C=O) groups is 1. The second-order valence-electron chi connectivity index (χ2n) is 5.28. The minimum atomic E-state index is -0.256. The van der Waals surface area contributed by atoms with Gasteiger partial charge in [-0.05, 0) is 36.4 Å². The van der Waals surface area contributed by atoms with Gasteiger partial charge in [0.25, 0.3) is 5.91 Å². The van der Waals surface area contributed by atoms with Crippen LogP contribution in [0.3, 0.4) is 0 Å². The van der Waals surface area contributed by atoms with Crippen molar-refractivity contribution < 1.29 is 14.3 Å². The summed E-state index contributed by atoms with van der Waals surface area (Å²) in [5.74, 6) is 0.736. The maximum atomic E-state index is 12.5. The molecule has 1 N–H and O–H groups in total. The molecule has 0 radical (unpaired) electrons. The quantitative estimate of drug-likeness (QED) is 0.737. The number of carbonyl (C=O) groups excluding carboxylic acids is 1. The number of amides is 1. The van der Waals surface area contributed by atoms with E-state index >= 15 is 0 Å². The highest BCUT2D eigenvalue weighted by Crippen LogP contribution is 2.36. The molecule has 1 amide bonds. The third kappa shape index (κ3) is 3.61. The number of ether oxygens (including phenoxy) is 2. The molecule has 5 nitrogen and oxygen atoms in total. The highest BCUT2D eigenvalue weighted by Gasteiger charge is 2.13. The van der Waals surface area contributed by atoms with E-state index < -0.39 is 0 Å². The molecule has 6 heteroatoms. The Morgan fingerprint density at radius 3 is 2.20 bits per heavy atom. The number of rotatable bonds is 5. The molecule has 0 aliphatic heterocycles. The van der Waals surface area contributed by atoms with Gasteiger partial charge in [-0.25, -0.2) is 0 Å². The van der Waals surface area contributed by atoms with Gasteiger partial charge in [0, 0.05) is 35.8 Å². The van der Waals surface area contributed by atoms with Crippen LogP contribution >= 0.6 is 11.6 Å². The summed E-state index contributed by atoms with van der Waals surface area (Å²) >= 11 is 6.21. The molecule has 1 aromatic heterocycles. The molecule has 25 heavy (non-hydrogen) atoms. The van der Waals surface area contributed by atoms with Crippen molar-refractivity contribution in [3.63, 3.8) is 0 Å². The Labute approximate surface area is 150 Å². The van der Waals surface area contributed by atoms with E-state index in [9.17, 15) is 4.79 Å². The third-order valence-corrected chi connectivity index (χ3v) is 4.07. The molecule has 0 atom stereocenters. The van der Waals surface area contributed by atoms with Gasteiger partial charge < -0.3 is 19.4 Å². The number of benzene rings is 2. The number of methoxy groups -OCH3 is 2. The Hall–Kier alpha value is -2.92. The normalized spacial score (nSPS) is 10.4. The molecule has 0 aliphatic rings. The highest BCUT2D eigenvalue weighted by molar-refractivity contribution is 6.34. The fourth-order valence-corrected chi connectivity index (χ4v) is 2.64. The largest absolute Gasteiger partial charge is 0.493 e. The minimum Gasteiger partial charge on any atom is -0.493 e. The van der Waals surface area contributed by atoms with E-state index in [1.54, 1.807) is 24.3 Å². The molecule has 0 aliphatic carbocycles. The van der Waals surface area contributed by atoms with Crippen LogP contribution < -0.4 is 14.8 Å². The van der Waals surface area contributed by atoms with Gasteiger partial charge in [-0.1, -0.05) is 11.6 Å². The van der Waals surface area contributed by atoms with Crippen LogP contribution in [0.15, 0.2) is 60.9 Å². The van der Waals surface area contributed by atoms with Crippen LogP contribution in [0.5, 0.6) is 11.5 Å². The molecule has 3 rings (SSSR count).